The molecule has 1 unspecified atom stereocenters. The van der Waals surface area contributed by atoms with Crippen molar-refractivity contribution in [1.82, 2.24) is 9.71 Å². The second-order valence-corrected chi connectivity index (χ2v) is 6.20. The fourth-order valence-corrected chi connectivity index (χ4v) is 3.40. The zero-order valence-electron chi connectivity index (χ0n) is 9.76. The van der Waals surface area contributed by atoms with Crippen LogP contribution in [0.4, 0.5) is 0 Å². The summed E-state index contributed by atoms with van der Waals surface area (Å²) in [5.74, 6) is 0.721. The van der Waals surface area contributed by atoms with Gasteiger partial charge in [0.1, 0.15) is 0 Å². The van der Waals surface area contributed by atoms with E-state index < -0.39 is 10.0 Å². The second kappa shape index (κ2) is 6.23. The molecule has 1 atom stereocenters. The highest BCUT2D eigenvalue weighted by atomic mass is 32.2. The Morgan fingerprint density at radius 2 is 2.18 bits per heavy atom. The molecule has 2 N–H and O–H groups in total. The number of thioether (sulfide) groups is 1. The highest BCUT2D eigenvalue weighted by Gasteiger charge is 2.18. The molecule has 96 valence electrons. The van der Waals surface area contributed by atoms with E-state index in [4.69, 9.17) is 0 Å². The van der Waals surface area contributed by atoms with Crippen molar-refractivity contribution in [3.8, 4) is 0 Å². The summed E-state index contributed by atoms with van der Waals surface area (Å²) in [7, 11) is -3.54. The Morgan fingerprint density at radius 1 is 1.47 bits per heavy atom. The van der Waals surface area contributed by atoms with E-state index in [0.29, 0.717) is 0 Å². The molecule has 0 aromatic carbocycles. The van der Waals surface area contributed by atoms with Crippen molar-refractivity contribution in [2.45, 2.75) is 24.3 Å². The van der Waals surface area contributed by atoms with Crippen LogP contribution in [0.1, 0.15) is 13.3 Å². The Kier molecular flexibility index (Phi) is 5.23. The molecule has 1 aromatic heterocycles. The van der Waals surface area contributed by atoms with Crippen molar-refractivity contribution in [2.24, 2.45) is 0 Å². The first-order chi connectivity index (χ1) is 7.99. The van der Waals surface area contributed by atoms with E-state index in [1.54, 1.807) is 11.8 Å². The molecule has 17 heavy (non-hydrogen) atoms. The van der Waals surface area contributed by atoms with Gasteiger partial charge in [-0.2, -0.15) is 11.8 Å². The first kappa shape index (κ1) is 14.3. The fraction of sp³-hybridized carbons (Fsp3) is 0.500. The minimum absolute atomic E-state index is 0.0802. The third-order valence-corrected chi connectivity index (χ3v) is 4.50. The van der Waals surface area contributed by atoms with Crippen LogP contribution in [0.5, 0.6) is 0 Å². The van der Waals surface area contributed by atoms with Crippen LogP contribution in [0.3, 0.4) is 0 Å². The molecule has 0 aliphatic heterocycles. The van der Waals surface area contributed by atoms with Gasteiger partial charge in [0, 0.05) is 24.1 Å². The first-order valence-electron chi connectivity index (χ1n) is 5.19. The minimum Gasteiger partial charge on any atom is -0.328 e. The van der Waals surface area contributed by atoms with Crippen molar-refractivity contribution in [1.29, 1.82) is 0 Å². The highest BCUT2D eigenvalue weighted by Crippen LogP contribution is 2.09. The van der Waals surface area contributed by atoms with Gasteiger partial charge in [-0.1, -0.05) is 6.92 Å². The lowest BCUT2D eigenvalue weighted by molar-refractivity contribution is 0.558. The van der Waals surface area contributed by atoms with E-state index in [0.717, 1.165) is 12.2 Å². The lowest BCUT2D eigenvalue weighted by Gasteiger charge is -2.15. The summed E-state index contributed by atoms with van der Waals surface area (Å²) in [6.45, 7) is 1.93. The average molecular weight is 276 g/mol. The van der Waals surface area contributed by atoms with Crippen LogP contribution in [0.25, 0.3) is 0 Å². The number of rotatable bonds is 6. The number of hydrogen-bond acceptors (Lipinski definition) is 4. The molecule has 5 nitrogen and oxygen atoms in total. The molecule has 0 radical (unpaired) electrons. The normalized spacial score (nSPS) is 13.5. The Hall–Kier alpha value is -0.790. The Bertz CT molecular complexity index is 490. The molecule has 0 amide bonds. The fourth-order valence-electron chi connectivity index (χ4n) is 1.29. The van der Waals surface area contributed by atoms with Crippen LogP contribution in [0.2, 0.25) is 0 Å². The lowest BCUT2D eigenvalue weighted by atomic mass is 10.3. The van der Waals surface area contributed by atoms with Crippen LogP contribution >= 0.6 is 11.8 Å². The predicted molar refractivity (Wildman–Crippen MR) is 69.8 cm³/mol. The summed E-state index contributed by atoms with van der Waals surface area (Å²) in [5, 5.41) is 0. The van der Waals surface area contributed by atoms with E-state index in [9.17, 15) is 13.2 Å². The van der Waals surface area contributed by atoms with Crippen molar-refractivity contribution in [3.05, 3.63) is 28.7 Å². The van der Waals surface area contributed by atoms with Crippen molar-refractivity contribution in [3.63, 3.8) is 0 Å². The maximum absolute atomic E-state index is 11.9. The largest absolute Gasteiger partial charge is 0.328 e. The molecule has 0 aliphatic rings. The van der Waals surface area contributed by atoms with Gasteiger partial charge in [-0.05, 0) is 18.7 Å². The molecule has 0 aliphatic carbocycles. The molecule has 0 saturated carbocycles. The lowest BCUT2D eigenvalue weighted by Crippen LogP contribution is -2.36. The van der Waals surface area contributed by atoms with E-state index in [1.807, 2.05) is 13.2 Å². The van der Waals surface area contributed by atoms with Gasteiger partial charge in [0.25, 0.3) is 0 Å². The number of aromatic nitrogens is 1. The molecule has 1 aromatic rings. The quantitative estimate of drug-likeness (QED) is 0.805. The molecule has 7 heteroatoms. The number of sulfonamides is 1. The number of aromatic amines is 1. The smallest absolute Gasteiger partial charge is 0.247 e. The number of nitrogens with one attached hydrogen (secondary N) is 2. The van der Waals surface area contributed by atoms with Gasteiger partial charge >= 0.3 is 0 Å². The predicted octanol–water partition coefficient (Wildman–Crippen LogP) is 0.795. The maximum atomic E-state index is 11.9. The van der Waals surface area contributed by atoms with Crippen LogP contribution in [-0.4, -0.2) is 31.5 Å². The van der Waals surface area contributed by atoms with Crippen LogP contribution in [-0.2, 0) is 10.0 Å². The van der Waals surface area contributed by atoms with Gasteiger partial charge < -0.3 is 4.98 Å². The maximum Gasteiger partial charge on any atom is 0.247 e. The average Bonchev–Trinajstić information content (AvgIpc) is 2.28. The zero-order chi connectivity index (χ0) is 12.9. The molecule has 0 spiro atoms. The third kappa shape index (κ3) is 4.18. The van der Waals surface area contributed by atoms with E-state index in [-0.39, 0.29) is 16.5 Å². The SMILES string of the molecule is CCC(CSC)NS(=O)(=O)c1ccc(=O)[nH]c1. The van der Waals surface area contributed by atoms with E-state index >= 15 is 0 Å². The summed E-state index contributed by atoms with van der Waals surface area (Å²) >= 11 is 1.59. The number of H-pyrrole nitrogens is 1. The van der Waals surface area contributed by atoms with Gasteiger partial charge in [0.15, 0.2) is 0 Å². The van der Waals surface area contributed by atoms with Crippen LogP contribution in [0.15, 0.2) is 28.0 Å². The molecule has 0 bridgehead atoms. The van der Waals surface area contributed by atoms with E-state index in [2.05, 4.69) is 9.71 Å². The molecule has 0 saturated heterocycles. The number of hydrogen-bond donors (Lipinski definition) is 2. The van der Waals surface area contributed by atoms with E-state index in [1.165, 1.54) is 18.3 Å². The summed E-state index contributed by atoms with van der Waals surface area (Å²) in [4.78, 5) is 13.3. The minimum atomic E-state index is -3.54. The third-order valence-electron chi connectivity index (χ3n) is 2.25. The molecular formula is C10H16N2O3S2. The Balaban J connectivity index is 2.88. The van der Waals surface area contributed by atoms with Gasteiger partial charge in [-0.15, -0.1) is 0 Å². The Labute approximate surface area is 105 Å². The summed E-state index contributed by atoms with van der Waals surface area (Å²) in [6, 6.07) is 2.40. The van der Waals surface area contributed by atoms with Gasteiger partial charge in [0.2, 0.25) is 15.6 Å². The summed E-state index contributed by atoms with van der Waals surface area (Å²) < 4.78 is 26.5. The molecule has 0 fully saturated rings. The molecule has 1 heterocycles. The van der Waals surface area contributed by atoms with Gasteiger partial charge in [-0.25, -0.2) is 13.1 Å². The number of pyridine rings is 1. The van der Waals surface area contributed by atoms with Crippen molar-refractivity contribution >= 4 is 21.8 Å². The van der Waals surface area contributed by atoms with Crippen molar-refractivity contribution < 1.29 is 8.42 Å². The van der Waals surface area contributed by atoms with Crippen LogP contribution in [0, 0.1) is 0 Å². The van der Waals surface area contributed by atoms with Crippen LogP contribution < -0.4 is 10.3 Å². The first-order valence-corrected chi connectivity index (χ1v) is 8.07. The summed E-state index contributed by atoms with van der Waals surface area (Å²) in [6.07, 6.45) is 3.86. The summed E-state index contributed by atoms with van der Waals surface area (Å²) in [5.41, 5.74) is -0.319. The highest BCUT2D eigenvalue weighted by molar-refractivity contribution is 7.98. The second-order valence-electron chi connectivity index (χ2n) is 3.57. The molecular weight excluding hydrogens is 260 g/mol. The van der Waals surface area contributed by atoms with Gasteiger partial charge in [-0.3, -0.25) is 4.79 Å². The van der Waals surface area contributed by atoms with Gasteiger partial charge in [0.05, 0.1) is 4.90 Å². The Morgan fingerprint density at radius 3 is 2.65 bits per heavy atom. The van der Waals surface area contributed by atoms with Crippen molar-refractivity contribution in [2.75, 3.05) is 12.0 Å². The topological polar surface area (TPSA) is 79.0 Å². The molecule has 1 rings (SSSR count). The monoisotopic (exact) mass is 276 g/mol. The zero-order valence-corrected chi connectivity index (χ0v) is 11.4. The standard InChI is InChI=1S/C10H16N2O3S2/c1-3-8(7-16-2)12-17(14,15)9-4-5-10(13)11-6-9/h4-6,8,12H,3,7H2,1-2H3,(H,11,13).